The van der Waals surface area contributed by atoms with E-state index >= 15 is 0 Å². The van der Waals surface area contributed by atoms with E-state index in [0.717, 1.165) is 0 Å². The molecular weight excluding hydrogens is 221 g/mol. The van der Waals surface area contributed by atoms with E-state index in [-0.39, 0.29) is 5.56 Å². The first kappa shape index (κ1) is 11.2. The lowest BCUT2D eigenvalue weighted by molar-refractivity contribution is 0.413. The minimum absolute atomic E-state index is 0.271. The van der Waals surface area contributed by atoms with Crippen molar-refractivity contribution in [1.82, 2.24) is 4.98 Å². The fourth-order valence-corrected chi connectivity index (χ4v) is 1.62. The minimum Gasteiger partial charge on any atom is -0.496 e. The highest BCUT2D eigenvalue weighted by Gasteiger charge is 2.15. The SMILES string of the molecule is COc1cccc(F)c1-c1cncc(N)c1N. The van der Waals surface area contributed by atoms with Crippen LogP contribution in [0.3, 0.4) is 0 Å². The molecule has 17 heavy (non-hydrogen) atoms. The smallest absolute Gasteiger partial charge is 0.134 e. The Morgan fingerprint density at radius 3 is 2.71 bits per heavy atom. The molecule has 0 aliphatic rings. The van der Waals surface area contributed by atoms with Crippen LogP contribution in [-0.2, 0) is 0 Å². The van der Waals surface area contributed by atoms with Crippen LogP contribution in [0.15, 0.2) is 30.6 Å². The molecule has 1 aromatic carbocycles. The number of nitrogens with zero attached hydrogens (tertiary/aromatic N) is 1. The molecule has 0 radical (unpaired) electrons. The van der Waals surface area contributed by atoms with Crippen molar-refractivity contribution >= 4 is 11.4 Å². The molecule has 0 aliphatic carbocycles. The Morgan fingerprint density at radius 1 is 1.24 bits per heavy atom. The molecule has 1 aromatic heterocycles. The molecule has 0 aliphatic heterocycles. The number of hydrogen-bond donors (Lipinski definition) is 2. The molecule has 88 valence electrons. The molecule has 5 heteroatoms. The van der Waals surface area contributed by atoms with Crippen molar-refractivity contribution in [1.29, 1.82) is 0 Å². The highest BCUT2D eigenvalue weighted by molar-refractivity contribution is 5.86. The van der Waals surface area contributed by atoms with Crippen LogP contribution in [0.1, 0.15) is 0 Å². The van der Waals surface area contributed by atoms with Crippen LogP contribution in [0.2, 0.25) is 0 Å². The van der Waals surface area contributed by atoms with Gasteiger partial charge in [-0.3, -0.25) is 4.98 Å². The van der Waals surface area contributed by atoms with Crippen molar-refractivity contribution in [2.75, 3.05) is 18.6 Å². The van der Waals surface area contributed by atoms with Gasteiger partial charge in [-0.05, 0) is 12.1 Å². The Bertz CT molecular complexity index is 557. The largest absolute Gasteiger partial charge is 0.496 e. The van der Waals surface area contributed by atoms with Crippen LogP contribution < -0.4 is 16.2 Å². The van der Waals surface area contributed by atoms with Gasteiger partial charge < -0.3 is 16.2 Å². The summed E-state index contributed by atoms with van der Waals surface area (Å²) >= 11 is 0. The number of rotatable bonds is 2. The molecule has 4 N–H and O–H groups in total. The van der Waals surface area contributed by atoms with Crippen LogP contribution in [0, 0.1) is 5.82 Å². The molecule has 0 saturated carbocycles. The van der Waals surface area contributed by atoms with Gasteiger partial charge in [-0.25, -0.2) is 4.39 Å². The Hall–Kier alpha value is -2.30. The lowest BCUT2D eigenvalue weighted by Crippen LogP contribution is -2.00. The van der Waals surface area contributed by atoms with Gasteiger partial charge in [-0.2, -0.15) is 0 Å². The van der Waals surface area contributed by atoms with Gasteiger partial charge in [-0.1, -0.05) is 6.07 Å². The van der Waals surface area contributed by atoms with Crippen molar-refractivity contribution in [3.63, 3.8) is 0 Å². The fraction of sp³-hybridized carbons (Fsp3) is 0.0833. The number of benzene rings is 1. The first-order valence-corrected chi connectivity index (χ1v) is 4.97. The third kappa shape index (κ3) is 1.87. The first-order valence-electron chi connectivity index (χ1n) is 4.97. The summed E-state index contributed by atoms with van der Waals surface area (Å²) in [6.07, 6.45) is 2.89. The quantitative estimate of drug-likeness (QED) is 0.832. The third-order valence-electron chi connectivity index (χ3n) is 2.48. The summed E-state index contributed by atoms with van der Waals surface area (Å²) in [6, 6.07) is 4.55. The summed E-state index contributed by atoms with van der Waals surface area (Å²) < 4.78 is 18.9. The average Bonchev–Trinajstić information content (AvgIpc) is 2.33. The summed E-state index contributed by atoms with van der Waals surface area (Å²) in [5, 5.41) is 0. The molecular formula is C12H12FN3O. The Balaban J connectivity index is 2.72. The second-order valence-corrected chi connectivity index (χ2v) is 3.51. The zero-order valence-corrected chi connectivity index (χ0v) is 9.27. The number of hydrogen-bond acceptors (Lipinski definition) is 4. The summed E-state index contributed by atoms with van der Waals surface area (Å²) in [6.45, 7) is 0. The molecule has 0 spiro atoms. The van der Waals surface area contributed by atoms with Crippen molar-refractivity contribution in [3.05, 3.63) is 36.4 Å². The predicted octanol–water partition coefficient (Wildman–Crippen LogP) is 2.06. The predicted molar refractivity (Wildman–Crippen MR) is 65.0 cm³/mol. The minimum atomic E-state index is -0.427. The molecule has 0 amide bonds. The fourth-order valence-electron chi connectivity index (χ4n) is 1.62. The van der Waals surface area contributed by atoms with Crippen LogP contribution in [0.4, 0.5) is 15.8 Å². The van der Waals surface area contributed by atoms with E-state index in [0.29, 0.717) is 22.7 Å². The zero-order valence-electron chi connectivity index (χ0n) is 9.27. The van der Waals surface area contributed by atoms with Gasteiger partial charge in [0.15, 0.2) is 0 Å². The molecule has 2 aromatic rings. The number of aromatic nitrogens is 1. The van der Waals surface area contributed by atoms with E-state index in [9.17, 15) is 4.39 Å². The molecule has 0 unspecified atom stereocenters. The summed E-state index contributed by atoms with van der Waals surface area (Å²) in [5.74, 6) is -0.0347. The maximum Gasteiger partial charge on any atom is 0.134 e. The van der Waals surface area contributed by atoms with E-state index in [1.807, 2.05) is 0 Å². The van der Waals surface area contributed by atoms with E-state index in [1.54, 1.807) is 12.1 Å². The monoisotopic (exact) mass is 233 g/mol. The first-order chi connectivity index (χ1) is 8.15. The highest BCUT2D eigenvalue weighted by Crippen LogP contribution is 2.37. The Kier molecular flexibility index (Phi) is 2.82. The number of pyridine rings is 1. The van der Waals surface area contributed by atoms with Gasteiger partial charge in [0.25, 0.3) is 0 Å². The van der Waals surface area contributed by atoms with Crippen LogP contribution in [0.25, 0.3) is 11.1 Å². The number of nitrogen functional groups attached to an aromatic ring is 2. The number of anilines is 2. The lowest BCUT2D eigenvalue weighted by Gasteiger charge is -2.12. The van der Waals surface area contributed by atoms with Crippen LogP contribution in [0.5, 0.6) is 5.75 Å². The highest BCUT2D eigenvalue weighted by atomic mass is 19.1. The number of methoxy groups -OCH3 is 1. The van der Waals surface area contributed by atoms with Gasteiger partial charge in [0.1, 0.15) is 11.6 Å². The van der Waals surface area contributed by atoms with Gasteiger partial charge in [0.05, 0.1) is 30.2 Å². The zero-order chi connectivity index (χ0) is 12.4. The molecule has 4 nitrogen and oxygen atoms in total. The van der Waals surface area contributed by atoms with Crippen LogP contribution in [-0.4, -0.2) is 12.1 Å². The van der Waals surface area contributed by atoms with Gasteiger partial charge in [0, 0.05) is 11.8 Å². The Labute approximate surface area is 98.0 Å². The number of ether oxygens (including phenoxy) is 1. The molecule has 0 bridgehead atoms. The Morgan fingerprint density at radius 2 is 2.00 bits per heavy atom. The second-order valence-electron chi connectivity index (χ2n) is 3.51. The van der Waals surface area contributed by atoms with E-state index in [1.165, 1.54) is 25.6 Å². The molecule has 1 heterocycles. The normalized spacial score (nSPS) is 10.2. The van der Waals surface area contributed by atoms with E-state index in [4.69, 9.17) is 16.2 Å². The van der Waals surface area contributed by atoms with Gasteiger partial charge in [-0.15, -0.1) is 0 Å². The summed E-state index contributed by atoms with van der Waals surface area (Å²) in [7, 11) is 1.47. The molecule has 0 atom stereocenters. The molecule has 0 saturated heterocycles. The second kappa shape index (κ2) is 4.29. The van der Waals surface area contributed by atoms with Crippen molar-refractivity contribution in [2.45, 2.75) is 0 Å². The van der Waals surface area contributed by atoms with E-state index in [2.05, 4.69) is 4.98 Å². The van der Waals surface area contributed by atoms with Gasteiger partial charge >= 0.3 is 0 Å². The lowest BCUT2D eigenvalue weighted by atomic mass is 10.0. The maximum atomic E-state index is 13.8. The average molecular weight is 233 g/mol. The van der Waals surface area contributed by atoms with E-state index < -0.39 is 5.82 Å². The maximum absolute atomic E-state index is 13.8. The summed E-state index contributed by atoms with van der Waals surface area (Å²) in [5.41, 5.74) is 12.8. The number of halogens is 1. The molecule has 2 rings (SSSR count). The standard InChI is InChI=1S/C12H12FN3O/c1-17-10-4-2-3-8(13)11(10)7-5-16-6-9(14)12(7)15/h2-6H,14H2,1H3,(H2,15,16). The van der Waals surface area contributed by atoms with Crippen molar-refractivity contribution in [2.24, 2.45) is 0 Å². The number of nitrogens with two attached hydrogens (primary N) is 2. The summed E-state index contributed by atoms with van der Waals surface area (Å²) in [4.78, 5) is 3.91. The third-order valence-corrected chi connectivity index (χ3v) is 2.48. The topological polar surface area (TPSA) is 74.2 Å². The van der Waals surface area contributed by atoms with Crippen molar-refractivity contribution in [3.8, 4) is 16.9 Å². The van der Waals surface area contributed by atoms with Crippen LogP contribution >= 0.6 is 0 Å². The van der Waals surface area contributed by atoms with Gasteiger partial charge in [0.2, 0.25) is 0 Å². The van der Waals surface area contributed by atoms with Crippen molar-refractivity contribution < 1.29 is 9.13 Å². The molecule has 0 fully saturated rings.